The van der Waals surface area contributed by atoms with Gasteiger partial charge in [-0.25, -0.2) is 0 Å². The average molecular weight is 341 g/mol. The van der Waals surface area contributed by atoms with Gasteiger partial charge in [0.25, 0.3) is 0 Å². The molecule has 1 aromatic carbocycles. The minimum absolute atomic E-state index is 0.364. The van der Waals surface area contributed by atoms with E-state index in [9.17, 15) is 0 Å². The van der Waals surface area contributed by atoms with E-state index >= 15 is 0 Å². The number of hydrogen-bond acceptors (Lipinski definition) is 3. The Hall–Kier alpha value is -2.50. The van der Waals surface area contributed by atoms with Crippen molar-refractivity contribution >= 4 is 5.96 Å². The molecule has 6 heteroatoms. The third-order valence-electron chi connectivity index (χ3n) is 4.60. The van der Waals surface area contributed by atoms with Gasteiger partial charge in [0.15, 0.2) is 5.96 Å². The van der Waals surface area contributed by atoms with Crippen molar-refractivity contribution in [1.82, 2.24) is 20.4 Å². The average Bonchev–Trinajstić information content (AvgIpc) is 3.28. The first-order valence-electron chi connectivity index (χ1n) is 8.92. The molecule has 0 radical (unpaired) electrons. The lowest BCUT2D eigenvalue weighted by atomic mass is 10.2. The maximum Gasteiger partial charge on any atom is 0.191 e. The van der Waals surface area contributed by atoms with E-state index in [1.807, 2.05) is 29.9 Å². The number of hydrogen-bond donors (Lipinski definition) is 2. The molecule has 6 nitrogen and oxygen atoms in total. The summed E-state index contributed by atoms with van der Waals surface area (Å²) in [5, 5.41) is 10.8. The molecule has 3 rings (SSSR count). The van der Waals surface area contributed by atoms with Crippen LogP contribution in [0.1, 0.15) is 36.9 Å². The number of aliphatic imine (C=N–C) groups is 1. The first-order valence-corrected chi connectivity index (χ1v) is 8.92. The maximum atomic E-state index is 6.20. The molecule has 0 unspecified atom stereocenters. The second kappa shape index (κ2) is 8.55. The van der Waals surface area contributed by atoms with Gasteiger partial charge in [-0.1, -0.05) is 18.2 Å². The molecule has 0 spiro atoms. The Kier molecular flexibility index (Phi) is 5.93. The third kappa shape index (κ3) is 4.75. The van der Waals surface area contributed by atoms with Crippen molar-refractivity contribution in [3.8, 4) is 5.75 Å². The molecule has 0 aliphatic heterocycles. The maximum absolute atomic E-state index is 6.20. The summed E-state index contributed by atoms with van der Waals surface area (Å²) in [5.74, 6) is 1.74. The Morgan fingerprint density at radius 1 is 1.20 bits per heavy atom. The summed E-state index contributed by atoms with van der Waals surface area (Å²) >= 11 is 0. The van der Waals surface area contributed by atoms with Crippen LogP contribution in [0.25, 0.3) is 0 Å². The normalized spacial score (nSPS) is 15.4. The van der Waals surface area contributed by atoms with Gasteiger partial charge >= 0.3 is 0 Å². The quantitative estimate of drug-likeness (QED) is 0.626. The van der Waals surface area contributed by atoms with Gasteiger partial charge in [0, 0.05) is 32.4 Å². The van der Waals surface area contributed by atoms with E-state index in [2.05, 4.69) is 32.9 Å². The van der Waals surface area contributed by atoms with E-state index in [0.29, 0.717) is 19.2 Å². The van der Waals surface area contributed by atoms with E-state index in [4.69, 9.17) is 4.74 Å². The summed E-state index contributed by atoms with van der Waals surface area (Å²) in [4.78, 5) is 4.29. The van der Waals surface area contributed by atoms with Crippen LogP contribution in [0, 0.1) is 0 Å². The van der Waals surface area contributed by atoms with E-state index < -0.39 is 0 Å². The summed E-state index contributed by atoms with van der Waals surface area (Å²) in [6.45, 7) is 1.35. The molecular weight excluding hydrogens is 314 g/mol. The smallest absolute Gasteiger partial charge is 0.191 e. The molecule has 0 saturated heterocycles. The van der Waals surface area contributed by atoms with Crippen LogP contribution >= 0.6 is 0 Å². The Morgan fingerprint density at radius 2 is 1.96 bits per heavy atom. The van der Waals surface area contributed by atoms with Crippen LogP contribution in [0.5, 0.6) is 5.75 Å². The van der Waals surface area contributed by atoms with Crippen LogP contribution in [0.2, 0.25) is 0 Å². The minimum Gasteiger partial charge on any atom is -0.490 e. The van der Waals surface area contributed by atoms with Crippen LogP contribution in [0.4, 0.5) is 0 Å². The summed E-state index contributed by atoms with van der Waals surface area (Å²) in [6.07, 6.45) is 7.03. The Morgan fingerprint density at radius 3 is 2.68 bits per heavy atom. The second-order valence-electron chi connectivity index (χ2n) is 6.36. The molecule has 2 N–H and O–H groups in total. The van der Waals surface area contributed by atoms with Crippen molar-refractivity contribution in [2.75, 3.05) is 7.05 Å². The number of rotatable bonds is 6. The standard InChI is InChI=1S/C19H27N5O/c1-20-19(22-14-16-11-12-23-24(16)2)21-13-15-7-3-6-10-18(15)25-17-8-4-5-9-17/h3,6-7,10-12,17H,4-5,8-9,13-14H2,1-2H3,(H2,20,21,22). The Balaban J connectivity index is 1.55. The van der Waals surface area contributed by atoms with Gasteiger partial charge in [-0.3, -0.25) is 9.67 Å². The first kappa shape index (κ1) is 17.3. The highest BCUT2D eigenvalue weighted by molar-refractivity contribution is 5.79. The van der Waals surface area contributed by atoms with Crippen molar-refractivity contribution in [3.63, 3.8) is 0 Å². The van der Waals surface area contributed by atoms with Crippen molar-refractivity contribution in [2.45, 2.75) is 44.9 Å². The van der Waals surface area contributed by atoms with E-state index in [1.165, 1.54) is 12.8 Å². The molecule has 1 aliphatic rings. The lowest BCUT2D eigenvalue weighted by molar-refractivity contribution is 0.208. The SMILES string of the molecule is CN=C(NCc1ccccc1OC1CCCC1)NCc1ccnn1C. The van der Waals surface area contributed by atoms with Crippen molar-refractivity contribution in [2.24, 2.45) is 12.0 Å². The summed E-state index contributed by atoms with van der Waals surface area (Å²) < 4.78 is 8.05. The minimum atomic E-state index is 0.364. The molecule has 25 heavy (non-hydrogen) atoms. The zero-order valence-electron chi connectivity index (χ0n) is 15.0. The van der Waals surface area contributed by atoms with Gasteiger partial charge in [0.05, 0.1) is 18.3 Å². The molecule has 1 fully saturated rings. The summed E-state index contributed by atoms with van der Waals surface area (Å²) in [7, 11) is 3.71. The highest BCUT2D eigenvalue weighted by atomic mass is 16.5. The highest BCUT2D eigenvalue weighted by Crippen LogP contribution is 2.26. The van der Waals surface area contributed by atoms with Crippen molar-refractivity contribution in [3.05, 3.63) is 47.8 Å². The predicted molar refractivity (Wildman–Crippen MR) is 99.6 cm³/mol. The first-order chi connectivity index (χ1) is 12.3. The van der Waals surface area contributed by atoms with Crippen LogP contribution < -0.4 is 15.4 Å². The van der Waals surface area contributed by atoms with Gasteiger partial charge in [-0.15, -0.1) is 0 Å². The molecular formula is C19H27N5O. The third-order valence-corrected chi connectivity index (χ3v) is 4.60. The van der Waals surface area contributed by atoms with Crippen molar-refractivity contribution < 1.29 is 4.74 Å². The highest BCUT2D eigenvalue weighted by Gasteiger charge is 2.17. The van der Waals surface area contributed by atoms with Gasteiger partial charge in [-0.2, -0.15) is 5.10 Å². The number of nitrogens with zero attached hydrogens (tertiary/aromatic N) is 3. The van der Waals surface area contributed by atoms with E-state index in [-0.39, 0.29) is 0 Å². The number of benzene rings is 1. The van der Waals surface area contributed by atoms with E-state index in [0.717, 1.165) is 35.8 Å². The molecule has 1 saturated carbocycles. The van der Waals surface area contributed by atoms with Gasteiger partial charge in [0.2, 0.25) is 0 Å². The molecule has 1 heterocycles. The number of para-hydroxylation sites is 1. The largest absolute Gasteiger partial charge is 0.490 e. The molecule has 0 bridgehead atoms. The van der Waals surface area contributed by atoms with Crippen molar-refractivity contribution in [1.29, 1.82) is 0 Å². The van der Waals surface area contributed by atoms with E-state index in [1.54, 1.807) is 13.2 Å². The monoisotopic (exact) mass is 341 g/mol. The fraction of sp³-hybridized carbons (Fsp3) is 0.474. The Labute approximate surface area is 149 Å². The van der Waals surface area contributed by atoms with Crippen LogP contribution in [-0.4, -0.2) is 28.9 Å². The molecule has 0 atom stereocenters. The zero-order chi connectivity index (χ0) is 17.5. The molecule has 134 valence electrons. The van der Waals surface area contributed by atoms with Crippen LogP contribution in [-0.2, 0) is 20.1 Å². The van der Waals surface area contributed by atoms with Gasteiger partial charge < -0.3 is 15.4 Å². The fourth-order valence-electron chi connectivity index (χ4n) is 3.10. The second-order valence-corrected chi connectivity index (χ2v) is 6.36. The number of aromatic nitrogens is 2. The molecule has 1 aliphatic carbocycles. The lowest BCUT2D eigenvalue weighted by Gasteiger charge is -2.18. The predicted octanol–water partition coefficient (Wildman–Crippen LogP) is 2.61. The van der Waals surface area contributed by atoms with Gasteiger partial charge in [-0.05, 0) is 37.8 Å². The topological polar surface area (TPSA) is 63.5 Å². The lowest BCUT2D eigenvalue weighted by Crippen LogP contribution is -2.36. The number of guanidine groups is 1. The summed E-state index contributed by atoms with van der Waals surface area (Å²) in [5.41, 5.74) is 2.26. The fourth-order valence-corrected chi connectivity index (χ4v) is 3.10. The molecule has 2 aromatic rings. The molecule has 0 amide bonds. The van der Waals surface area contributed by atoms with Crippen LogP contribution in [0.15, 0.2) is 41.5 Å². The number of nitrogens with one attached hydrogen (secondary N) is 2. The number of ether oxygens (including phenoxy) is 1. The summed E-state index contributed by atoms with van der Waals surface area (Å²) in [6, 6.07) is 10.2. The Bertz CT molecular complexity index is 703. The zero-order valence-corrected chi connectivity index (χ0v) is 15.0. The van der Waals surface area contributed by atoms with Gasteiger partial charge in [0.1, 0.15) is 5.75 Å². The molecule has 1 aromatic heterocycles. The van der Waals surface area contributed by atoms with Crippen LogP contribution in [0.3, 0.4) is 0 Å². The number of aryl methyl sites for hydroxylation is 1.